The quantitative estimate of drug-likeness (QED) is 0.774. The molecule has 1 saturated carbocycles. The summed E-state index contributed by atoms with van der Waals surface area (Å²) in [6, 6.07) is 6.50. The zero-order chi connectivity index (χ0) is 9.97. The Bertz CT molecular complexity index is 312. The highest BCUT2D eigenvalue weighted by atomic mass is 32.2. The fourth-order valence-electron chi connectivity index (χ4n) is 1.36. The van der Waals surface area contributed by atoms with E-state index in [1.165, 1.54) is 23.9 Å². The van der Waals surface area contributed by atoms with Gasteiger partial charge in [0.15, 0.2) is 0 Å². The molecule has 1 fully saturated rings. The monoisotopic (exact) mass is 212 g/mol. The first-order chi connectivity index (χ1) is 6.75. The minimum atomic E-state index is -0.219. The van der Waals surface area contributed by atoms with Gasteiger partial charge in [-0.15, -0.1) is 11.8 Å². The van der Waals surface area contributed by atoms with Crippen LogP contribution in [0.5, 0.6) is 0 Å². The summed E-state index contributed by atoms with van der Waals surface area (Å²) >= 11 is 1.52. The number of rotatable bonds is 4. The van der Waals surface area contributed by atoms with Crippen LogP contribution in [0.25, 0.3) is 0 Å². The number of halogens is 1. The van der Waals surface area contributed by atoms with E-state index in [9.17, 15) is 9.50 Å². The first-order valence-corrected chi connectivity index (χ1v) is 5.81. The minimum absolute atomic E-state index is 0.212. The number of aliphatic hydroxyl groups excluding tert-OH is 1. The largest absolute Gasteiger partial charge is 0.392 e. The van der Waals surface area contributed by atoms with E-state index in [2.05, 4.69) is 0 Å². The van der Waals surface area contributed by atoms with Crippen molar-refractivity contribution in [2.45, 2.75) is 23.8 Å². The van der Waals surface area contributed by atoms with E-state index in [0.717, 1.165) is 17.7 Å². The first-order valence-electron chi connectivity index (χ1n) is 4.82. The number of thioether (sulfide) groups is 1. The third-order valence-electron chi connectivity index (χ3n) is 2.38. The summed E-state index contributed by atoms with van der Waals surface area (Å²) in [5.74, 6) is 0.959. The van der Waals surface area contributed by atoms with Crippen molar-refractivity contribution in [2.24, 2.45) is 5.92 Å². The Labute approximate surface area is 87.3 Å². The van der Waals surface area contributed by atoms with Gasteiger partial charge in [0, 0.05) is 10.6 Å². The van der Waals surface area contributed by atoms with Gasteiger partial charge < -0.3 is 5.11 Å². The van der Waals surface area contributed by atoms with Crippen molar-refractivity contribution >= 4 is 11.8 Å². The van der Waals surface area contributed by atoms with Gasteiger partial charge in [-0.25, -0.2) is 4.39 Å². The standard InChI is InChI=1S/C11H13FOS/c12-9-2-1-3-10(6-9)14-7-11(13)8-4-5-8/h1-3,6,8,11,13H,4-5,7H2. The van der Waals surface area contributed by atoms with E-state index < -0.39 is 0 Å². The van der Waals surface area contributed by atoms with Crippen molar-refractivity contribution in [3.8, 4) is 0 Å². The summed E-state index contributed by atoms with van der Waals surface area (Å²) in [5.41, 5.74) is 0. The topological polar surface area (TPSA) is 20.2 Å². The number of hydrogen-bond donors (Lipinski definition) is 1. The number of aliphatic hydroxyl groups is 1. The van der Waals surface area contributed by atoms with Crippen LogP contribution in [-0.2, 0) is 0 Å². The van der Waals surface area contributed by atoms with Crippen molar-refractivity contribution in [1.29, 1.82) is 0 Å². The highest BCUT2D eigenvalue weighted by Gasteiger charge is 2.29. The molecule has 0 saturated heterocycles. The van der Waals surface area contributed by atoms with Crippen LogP contribution in [0.4, 0.5) is 4.39 Å². The second-order valence-corrected chi connectivity index (χ2v) is 4.77. The van der Waals surface area contributed by atoms with Gasteiger partial charge in [0.2, 0.25) is 0 Å². The van der Waals surface area contributed by atoms with Crippen LogP contribution in [0, 0.1) is 11.7 Å². The lowest BCUT2D eigenvalue weighted by Gasteiger charge is -2.07. The van der Waals surface area contributed by atoms with E-state index in [0.29, 0.717) is 11.7 Å². The van der Waals surface area contributed by atoms with Gasteiger partial charge in [-0.05, 0) is 37.0 Å². The molecule has 0 radical (unpaired) electrons. The molecule has 1 N–H and O–H groups in total. The molecule has 0 amide bonds. The van der Waals surface area contributed by atoms with Crippen molar-refractivity contribution in [1.82, 2.24) is 0 Å². The lowest BCUT2D eigenvalue weighted by atomic mass is 10.3. The molecule has 1 aliphatic carbocycles. The molecule has 14 heavy (non-hydrogen) atoms. The molecular formula is C11H13FOS. The van der Waals surface area contributed by atoms with Crippen LogP contribution in [0.1, 0.15) is 12.8 Å². The molecule has 1 aromatic rings. The van der Waals surface area contributed by atoms with Crippen LogP contribution >= 0.6 is 11.8 Å². The molecule has 1 nitrogen and oxygen atoms in total. The van der Waals surface area contributed by atoms with E-state index >= 15 is 0 Å². The van der Waals surface area contributed by atoms with Crippen molar-refractivity contribution < 1.29 is 9.50 Å². The SMILES string of the molecule is OC(CSc1cccc(F)c1)C1CC1. The Hall–Kier alpha value is -0.540. The van der Waals surface area contributed by atoms with Gasteiger partial charge in [-0.3, -0.25) is 0 Å². The van der Waals surface area contributed by atoms with E-state index in [4.69, 9.17) is 0 Å². The summed E-state index contributed by atoms with van der Waals surface area (Å²) in [5, 5.41) is 9.60. The maximum atomic E-state index is 12.8. The van der Waals surface area contributed by atoms with Gasteiger partial charge in [0.1, 0.15) is 5.82 Å². The molecular weight excluding hydrogens is 199 g/mol. The molecule has 0 heterocycles. The first kappa shape index (κ1) is 9.99. The van der Waals surface area contributed by atoms with Crippen molar-refractivity contribution in [3.63, 3.8) is 0 Å². The average Bonchev–Trinajstić information content (AvgIpc) is 2.97. The Morgan fingerprint density at radius 2 is 2.29 bits per heavy atom. The Kier molecular flexibility index (Phi) is 3.08. The number of hydrogen-bond acceptors (Lipinski definition) is 2. The van der Waals surface area contributed by atoms with Gasteiger partial charge in [0.05, 0.1) is 6.10 Å². The molecule has 2 rings (SSSR count). The van der Waals surface area contributed by atoms with Gasteiger partial charge in [-0.2, -0.15) is 0 Å². The zero-order valence-electron chi connectivity index (χ0n) is 7.82. The Morgan fingerprint density at radius 1 is 1.50 bits per heavy atom. The minimum Gasteiger partial charge on any atom is -0.392 e. The fraction of sp³-hybridized carbons (Fsp3) is 0.455. The molecule has 3 heteroatoms. The maximum Gasteiger partial charge on any atom is 0.124 e. The van der Waals surface area contributed by atoms with Crippen molar-refractivity contribution in [2.75, 3.05) is 5.75 Å². The molecule has 0 spiro atoms. The zero-order valence-corrected chi connectivity index (χ0v) is 8.64. The van der Waals surface area contributed by atoms with E-state index in [1.807, 2.05) is 6.07 Å². The molecule has 0 aromatic heterocycles. The summed E-state index contributed by atoms with van der Waals surface area (Å²) in [4.78, 5) is 0.893. The molecule has 1 aromatic carbocycles. The molecule has 0 bridgehead atoms. The third kappa shape index (κ3) is 2.72. The highest BCUT2D eigenvalue weighted by molar-refractivity contribution is 7.99. The lowest BCUT2D eigenvalue weighted by molar-refractivity contribution is 0.176. The predicted octanol–water partition coefficient (Wildman–Crippen LogP) is 2.69. The molecule has 0 aliphatic heterocycles. The summed E-state index contributed by atoms with van der Waals surface area (Å²) in [6.45, 7) is 0. The van der Waals surface area contributed by atoms with E-state index in [-0.39, 0.29) is 11.9 Å². The normalized spacial score (nSPS) is 18.1. The van der Waals surface area contributed by atoms with Gasteiger partial charge in [0.25, 0.3) is 0 Å². The predicted molar refractivity (Wildman–Crippen MR) is 55.9 cm³/mol. The van der Waals surface area contributed by atoms with Crippen molar-refractivity contribution in [3.05, 3.63) is 30.1 Å². The molecule has 1 aliphatic rings. The van der Waals surface area contributed by atoms with Crippen LogP contribution in [0.2, 0.25) is 0 Å². The summed E-state index contributed by atoms with van der Waals surface area (Å²) in [7, 11) is 0. The highest BCUT2D eigenvalue weighted by Crippen LogP contribution is 2.35. The van der Waals surface area contributed by atoms with Crippen LogP contribution < -0.4 is 0 Å². The smallest absolute Gasteiger partial charge is 0.124 e. The van der Waals surface area contributed by atoms with Gasteiger partial charge in [-0.1, -0.05) is 6.07 Å². The maximum absolute atomic E-state index is 12.8. The Balaban J connectivity index is 1.84. The van der Waals surface area contributed by atoms with Crippen LogP contribution in [-0.4, -0.2) is 17.0 Å². The lowest BCUT2D eigenvalue weighted by Crippen LogP contribution is -2.11. The molecule has 1 atom stereocenters. The van der Waals surface area contributed by atoms with E-state index in [1.54, 1.807) is 6.07 Å². The summed E-state index contributed by atoms with van der Waals surface area (Å²) < 4.78 is 12.8. The molecule has 1 unspecified atom stereocenters. The van der Waals surface area contributed by atoms with Crippen LogP contribution in [0.3, 0.4) is 0 Å². The number of benzene rings is 1. The third-order valence-corrected chi connectivity index (χ3v) is 3.48. The Morgan fingerprint density at radius 3 is 2.93 bits per heavy atom. The second kappa shape index (κ2) is 4.32. The summed E-state index contributed by atoms with van der Waals surface area (Å²) in [6.07, 6.45) is 2.07. The fourth-order valence-corrected chi connectivity index (χ4v) is 2.36. The van der Waals surface area contributed by atoms with Crippen LogP contribution in [0.15, 0.2) is 29.2 Å². The second-order valence-electron chi connectivity index (χ2n) is 3.67. The molecule has 76 valence electrons. The average molecular weight is 212 g/mol. The van der Waals surface area contributed by atoms with Gasteiger partial charge >= 0.3 is 0 Å².